The van der Waals surface area contributed by atoms with Crippen LogP contribution in [0.1, 0.15) is 29.9 Å². The molecule has 0 saturated heterocycles. The molecule has 0 unspecified atom stereocenters. The third-order valence-electron chi connectivity index (χ3n) is 4.47. The van der Waals surface area contributed by atoms with Crippen molar-refractivity contribution < 1.29 is 41.4 Å². The molecule has 1 heterocycles. The first-order valence-corrected chi connectivity index (χ1v) is 9.78. The maximum atomic E-state index is 14.6. The highest BCUT2D eigenvalue weighted by Crippen LogP contribution is 2.28. The van der Waals surface area contributed by atoms with Gasteiger partial charge in [-0.2, -0.15) is 13.2 Å². The molecule has 0 spiro atoms. The third kappa shape index (κ3) is 5.65. The van der Waals surface area contributed by atoms with Crippen LogP contribution >= 0.6 is 11.6 Å². The molecular formula is C20H19ClF4N2O7. The number of methoxy groups -OCH3 is 1. The first-order valence-electron chi connectivity index (χ1n) is 9.41. The van der Waals surface area contributed by atoms with Crippen molar-refractivity contribution >= 4 is 23.5 Å². The number of aromatic nitrogens is 2. The Kier molecular flexibility index (Phi) is 7.94. The Labute approximate surface area is 194 Å². The van der Waals surface area contributed by atoms with Crippen LogP contribution in [0.3, 0.4) is 0 Å². The van der Waals surface area contributed by atoms with Crippen molar-refractivity contribution in [1.82, 2.24) is 9.13 Å². The fourth-order valence-electron chi connectivity index (χ4n) is 2.70. The number of nitrogens with zero attached hydrogens (tertiary/aromatic N) is 2. The summed E-state index contributed by atoms with van der Waals surface area (Å²) >= 11 is 5.90. The number of alkyl halides is 3. The van der Waals surface area contributed by atoms with E-state index >= 15 is 0 Å². The van der Waals surface area contributed by atoms with E-state index in [1.165, 1.54) is 21.0 Å². The van der Waals surface area contributed by atoms with Crippen LogP contribution in [0, 0.1) is 5.82 Å². The average molecular weight is 511 g/mol. The Hall–Kier alpha value is -3.19. The highest BCUT2D eigenvalue weighted by atomic mass is 35.5. The van der Waals surface area contributed by atoms with Crippen LogP contribution in [0.15, 0.2) is 27.8 Å². The molecule has 0 N–H and O–H groups in total. The Balaban J connectivity index is 2.52. The van der Waals surface area contributed by atoms with E-state index in [0.717, 1.165) is 7.05 Å². The topological polar surface area (TPSA) is 106 Å². The summed E-state index contributed by atoms with van der Waals surface area (Å²) in [6, 6.07) is 1.33. The monoisotopic (exact) mass is 510 g/mol. The van der Waals surface area contributed by atoms with E-state index in [1.54, 1.807) is 0 Å². The number of carbonyl (C=O) groups excluding carboxylic acids is 2. The van der Waals surface area contributed by atoms with E-state index < -0.39 is 62.7 Å². The van der Waals surface area contributed by atoms with Crippen LogP contribution in [0.2, 0.25) is 5.02 Å². The molecule has 0 atom stereocenters. The summed E-state index contributed by atoms with van der Waals surface area (Å²) in [5, 5.41) is -0.508. The molecular weight excluding hydrogens is 492 g/mol. The van der Waals surface area contributed by atoms with Crippen molar-refractivity contribution in [3.05, 3.63) is 61.1 Å². The number of rotatable bonds is 7. The number of halogens is 5. The summed E-state index contributed by atoms with van der Waals surface area (Å²) in [7, 11) is 2.12. The minimum Gasteiger partial charge on any atom is -0.460 e. The fraction of sp³-hybridized carbons (Fsp3) is 0.400. The second kappa shape index (κ2) is 9.97. The van der Waals surface area contributed by atoms with Crippen LogP contribution < -0.4 is 11.2 Å². The molecule has 34 heavy (non-hydrogen) atoms. The minimum atomic E-state index is -5.02. The van der Waals surface area contributed by atoms with Crippen molar-refractivity contribution in [2.75, 3.05) is 20.3 Å². The van der Waals surface area contributed by atoms with E-state index in [9.17, 15) is 36.7 Å². The van der Waals surface area contributed by atoms with Gasteiger partial charge < -0.3 is 14.2 Å². The number of benzene rings is 1. The van der Waals surface area contributed by atoms with Crippen LogP contribution in [0.25, 0.3) is 5.69 Å². The lowest BCUT2D eigenvalue weighted by atomic mass is 10.1. The van der Waals surface area contributed by atoms with Crippen LogP contribution in [-0.4, -0.2) is 47.0 Å². The van der Waals surface area contributed by atoms with Crippen molar-refractivity contribution in [3.63, 3.8) is 0 Å². The number of carbonyl (C=O) groups is 2. The average Bonchev–Trinajstić information content (AvgIpc) is 2.71. The van der Waals surface area contributed by atoms with E-state index in [-0.39, 0.29) is 28.4 Å². The van der Waals surface area contributed by atoms with Gasteiger partial charge in [0, 0.05) is 20.2 Å². The van der Waals surface area contributed by atoms with Crippen LogP contribution in [0.5, 0.6) is 0 Å². The lowest BCUT2D eigenvalue weighted by Gasteiger charge is -2.23. The predicted octanol–water partition coefficient (Wildman–Crippen LogP) is 2.47. The predicted molar refractivity (Wildman–Crippen MR) is 110 cm³/mol. The highest BCUT2D eigenvalue weighted by Gasteiger charge is 2.36. The van der Waals surface area contributed by atoms with Crippen LogP contribution in [-0.2, 0) is 32.2 Å². The standard InChI is InChI=1S/C20H19ClF4N2O7/c1-19(2,17(30)33-6-5-32-4)34-16(29)10-7-13(12(22)8-11(10)21)27-15(28)9-14(20(23,24)25)26(3)18(27)31/h7-9H,5-6H2,1-4H3. The number of hydrogen-bond acceptors (Lipinski definition) is 7. The normalized spacial score (nSPS) is 11.9. The lowest BCUT2D eigenvalue weighted by Crippen LogP contribution is -2.41. The summed E-state index contributed by atoms with van der Waals surface area (Å²) in [4.78, 5) is 49.5. The van der Waals surface area contributed by atoms with Gasteiger partial charge in [-0.1, -0.05) is 11.6 Å². The Bertz CT molecular complexity index is 1240. The van der Waals surface area contributed by atoms with Gasteiger partial charge in [0.25, 0.3) is 5.56 Å². The van der Waals surface area contributed by atoms with Crippen molar-refractivity contribution in [3.8, 4) is 5.69 Å². The molecule has 0 bridgehead atoms. The van der Waals surface area contributed by atoms with Gasteiger partial charge in [0.2, 0.25) is 5.60 Å². The number of esters is 2. The summed E-state index contributed by atoms with van der Waals surface area (Å²) in [5.41, 5.74) is -7.83. The third-order valence-corrected chi connectivity index (χ3v) is 4.78. The van der Waals surface area contributed by atoms with E-state index in [2.05, 4.69) is 0 Å². The van der Waals surface area contributed by atoms with Gasteiger partial charge in [0.1, 0.15) is 18.1 Å². The van der Waals surface area contributed by atoms with Crippen molar-refractivity contribution in [1.29, 1.82) is 0 Å². The molecule has 0 aliphatic rings. The SMILES string of the molecule is COCCOC(=O)C(C)(C)OC(=O)c1cc(-n2c(=O)cc(C(F)(F)F)n(C)c2=O)c(F)cc1Cl. The van der Waals surface area contributed by atoms with Crippen molar-refractivity contribution in [2.24, 2.45) is 7.05 Å². The molecule has 1 aromatic carbocycles. The molecule has 0 saturated carbocycles. The minimum absolute atomic E-state index is 0.0831. The Morgan fingerprint density at radius 2 is 1.71 bits per heavy atom. The summed E-state index contributed by atoms with van der Waals surface area (Å²) < 4.78 is 68.7. The zero-order chi connectivity index (χ0) is 26.0. The summed E-state index contributed by atoms with van der Waals surface area (Å²) in [6.45, 7) is 2.36. The maximum Gasteiger partial charge on any atom is 0.431 e. The molecule has 2 rings (SSSR count). The molecule has 0 radical (unpaired) electrons. The Morgan fingerprint density at radius 1 is 1.09 bits per heavy atom. The quantitative estimate of drug-likeness (QED) is 0.320. The maximum absolute atomic E-state index is 14.6. The second-order valence-corrected chi connectivity index (χ2v) is 7.76. The molecule has 14 heteroatoms. The first kappa shape index (κ1) is 27.1. The van der Waals surface area contributed by atoms with E-state index in [1.807, 2.05) is 0 Å². The van der Waals surface area contributed by atoms with Gasteiger partial charge in [0.15, 0.2) is 0 Å². The Morgan fingerprint density at radius 3 is 2.26 bits per heavy atom. The zero-order valence-electron chi connectivity index (χ0n) is 18.3. The van der Waals surface area contributed by atoms with E-state index in [4.69, 9.17) is 25.8 Å². The smallest absolute Gasteiger partial charge is 0.431 e. The van der Waals surface area contributed by atoms with Gasteiger partial charge in [0.05, 0.1) is 22.9 Å². The van der Waals surface area contributed by atoms with Gasteiger partial charge >= 0.3 is 23.8 Å². The zero-order valence-corrected chi connectivity index (χ0v) is 19.0. The second-order valence-electron chi connectivity index (χ2n) is 7.35. The molecule has 9 nitrogen and oxygen atoms in total. The lowest BCUT2D eigenvalue weighted by molar-refractivity contribution is -0.163. The first-order chi connectivity index (χ1) is 15.6. The van der Waals surface area contributed by atoms with Gasteiger partial charge in [-0.05, 0) is 26.0 Å². The molecule has 0 amide bonds. The summed E-state index contributed by atoms with van der Waals surface area (Å²) in [5.74, 6) is -3.47. The molecule has 0 aliphatic heterocycles. The number of hydrogen-bond donors (Lipinski definition) is 0. The van der Waals surface area contributed by atoms with Gasteiger partial charge in [-0.3, -0.25) is 9.36 Å². The molecule has 2 aromatic rings. The molecule has 0 aliphatic carbocycles. The van der Waals surface area contributed by atoms with Gasteiger partial charge in [-0.25, -0.2) is 23.3 Å². The number of ether oxygens (including phenoxy) is 3. The fourth-order valence-corrected chi connectivity index (χ4v) is 2.93. The largest absolute Gasteiger partial charge is 0.460 e. The molecule has 0 fully saturated rings. The van der Waals surface area contributed by atoms with Gasteiger partial charge in [-0.15, -0.1) is 0 Å². The molecule has 186 valence electrons. The van der Waals surface area contributed by atoms with Crippen LogP contribution in [0.4, 0.5) is 17.6 Å². The summed E-state index contributed by atoms with van der Waals surface area (Å²) in [6.07, 6.45) is -5.02. The van der Waals surface area contributed by atoms with Crippen molar-refractivity contribution in [2.45, 2.75) is 25.6 Å². The molecule has 1 aromatic heterocycles. The van der Waals surface area contributed by atoms with E-state index in [0.29, 0.717) is 12.1 Å². The highest BCUT2D eigenvalue weighted by molar-refractivity contribution is 6.33.